The third-order valence-corrected chi connectivity index (χ3v) is 1.96. The van der Waals surface area contributed by atoms with Gasteiger partial charge in [0.2, 0.25) is 11.2 Å². The van der Waals surface area contributed by atoms with Crippen LogP contribution in [0.25, 0.3) is 0 Å². The average Bonchev–Trinajstić information content (AvgIpc) is 2.85. The fraction of sp³-hybridized carbons (Fsp3) is 0.571. The first-order valence-corrected chi connectivity index (χ1v) is 4.26. The zero-order valence-corrected chi connectivity index (χ0v) is 7.47. The quantitative estimate of drug-likeness (QED) is 0.756. The lowest BCUT2D eigenvalue weighted by atomic mass is 10.4. The molecule has 4 nitrogen and oxygen atoms in total. The SMILES string of the molecule is CNc1nc(Cl)nc(C2CC2)n1. The van der Waals surface area contributed by atoms with E-state index in [1.807, 2.05) is 0 Å². The van der Waals surface area contributed by atoms with E-state index in [-0.39, 0.29) is 5.28 Å². The fourth-order valence-electron chi connectivity index (χ4n) is 1.00. The summed E-state index contributed by atoms with van der Waals surface area (Å²) >= 11 is 5.70. The van der Waals surface area contributed by atoms with Crippen LogP contribution in [0.5, 0.6) is 0 Å². The highest BCUT2D eigenvalue weighted by molar-refractivity contribution is 6.28. The van der Waals surface area contributed by atoms with Crippen LogP contribution in [0.1, 0.15) is 24.6 Å². The minimum atomic E-state index is 0.274. The highest BCUT2D eigenvalue weighted by atomic mass is 35.5. The number of anilines is 1. The first kappa shape index (κ1) is 7.73. The number of nitrogens with zero attached hydrogens (tertiary/aromatic N) is 3. The predicted octanol–water partition coefficient (Wildman–Crippen LogP) is 1.44. The van der Waals surface area contributed by atoms with Gasteiger partial charge in [-0.1, -0.05) is 0 Å². The zero-order valence-electron chi connectivity index (χ0n) is 6.71. The lowest BCUT2D eigenvalue weighted by Crippen LogP contribution is -2.02. The van der Waals surface area contributed by atoms with Crippen molar-refractivity contribution in [1.82, 2.24) is 15.0 Å². The highest BCUT2D eigenvalue weighted by Gasteiger charge is 2.27. The number of hydrogen-bond acceptors (Lipinski definition) is 4. The Morgan fingerprint density at radius 1 is 1.33 bits per heavy atom. The van der Waals surface area contributed by atoms with Crippen LogP contribution in [0, 0.1) is 0 Å². The van der Waals surface area contributed by atoms with Crippen LogP contribution in [0.3, 0.4) is 0 Å². The maximum absolute atomic E-state index is 5.70. The van der Waals surface area contributed by atoms with Gasteiger partial charge in [0.05, 0.1) is 0 Å². The maximum Gasteiger partial charge on any atom is 0.227 e. The standard InChI is InChI=1S/C7H9ClN4/c1-9-7-11-5(4-2-3-4)10-6(8)12-7/h4H,2-3H2,1H3,(H,9,10,11,12). The Hall–Kier alpha value is -0.900. The molecule has 0 amide bonds. The molecule has 2 rings (SSSR count). The second-order valence-electron chi connectivity index (χ2n) is 2.81. The lowest BCUT2D eigenvalue weighted by molar-refractivity contribution is 0.891. The van der Waals surface area contributed by atoms with E-state index >= 15 is 0 Å². The van der Waals surface area contributed by atoms with Crippen molar-refractivity contribution >= 4 is 17.5 Å². The number of hydrogen-bond donors (Lipinski definition) is 1. The van der Waals surface area contributed by atoms with Crippen molar-refractivity contribution in [3.63, 3.8) is 0 Å². The summed E-state index contributed by atoms with van der Waals surface area (Å²) < 4.78 is 0. The van der Waals surface area contributed by atoms with Gasteiger partial charge in [0.25, 0.3) is 0 Å². The third kappa shape index (κ3) is 1.48. The normalized spacial score (nSPS) is 16.2. The van der Waals surface area contributed by atoms with Crippen LogP contribution in [0.15, 0.2) is 0 Å². The summed E-state index contributed by atoms with van der Waals surface area (Å²) in [7, 11) is 1.77. The second kappa shape index (κ2) is 2.86. The fourth-order valence-corrected chi connectivity index (χ4v) is 1.17. The molecule has 0 unspecified atom stereocenters. The van der Waals surface area contributed by atoms with E-state index in [1.165, 1.54) is 12.8 Å². The summed E-state index contributed by atoms with van der Waals surface area (Å²) in [5, 5.41) is 3.12. The van der Waals surface area contributed by atoms with Crippen molar-refractivity contribution in [3.05, 3.63) is 11.1 Å². The second-order valence-corrected chi connectivity index (χ2v) is 3.15. The Morgan fingerprint density at radius 2 is 2.08 bits per heavy atom. The molecule has 0 spiro atoms. The van der Waals surface area contributed by atoms with Crippen molar-refractivity contribution in [1.29, 1.82) is 0 Å². The molecule has 12 heavy (non-hydrogen) atoms. The molecule has 0 aromatic carbocycles. The molecule has 0 radical (unpaired) electrons. The van der Waals surface area contributed by atoms with Gasteiger partial charge < -0.3 is 5.32 Å². The number of halogens is 1. The molecule has 1 saturated carbocycles. The van der Waals surface area contributed by atoms with Crippen molar-refractivity contribution in [2.45, 2.75) is 18.8 Å². The maximum atomic E-state index is 5.70. The number of rotatable bonds is 2. The van der Waals surface area contributed by atoms with Gasteiger partial charge in [0.1, 0.15) is 5.82 Å². The first-order valence-electron chi connectivity index (χ1n) is 3.89. The summed E-state index contributed by atoms with van der Waals surface area (Å²) in [6, 6.07) is 0. The monoisotopic (exact) mass is 184 g/mol. The van der Waals surface area contributed by atoms with Gasteiger partial charge in [-0.3, -0.25) is 0 Å². The van der Waals surface area contributed by atoms with E-state index in [0.717, 1.165) is 5.82 Å². The molecule has 0 atom stereocenters. The van der Waals surface area contributed by atoms with Gasteiger partial charge in [0.15, 0.2) is 0 Å². The van der Waals surface area contributed by atoms with Gasteiger partial charge in [-0.2, -0.15) is 9.97 Å². The predicted molar refractivity (Wildman–Crippen MR) is 46.4 cm³/mol. The number of nitrogens with one attached hydrogen (secondary N) is 1. The molecule has 1 N–H and O–H groups in total. The molecule has 1 aromatic rings. The molecule has 0 bridgehead atoms. The van der Waals surface area contributed by atoms with Crippen molar-refractivity contribution < 1.29 is 0 Å². The highest BCUT2D eigenvalue weighted by Crippen LogP contribution is 2.38. The Labute approximate surface area is 75.4 Å². The molecule has 1 fully saturated rings. The van der Waals surface area contributed by atoms with E-state index in [4.69, 9.17) is 11.6 Å². The van der Waals surface area contributed by atoms with Crippen LogP contribution in [-0.2, 0) is 0 Å². The van der Waals surface area contributed by atoms with Crippen molar-refractivity contribution in [2.75, 3.05) is 12.4 Å². The molecular formula is C7H9ClN4. The number of aromatic nitrogens is 3. The molecule has 1 aromatic heterocycles. The molecule has 5 heteroatoms. The van der Waals surface area contributed by atoms with Crippen LogP contribution in [-0.4, -0.2) is 22.0 Å². The van der Waals surface area contributed by atoms with Crippen LogP contribution in [0.4, 0.5) is 5.95 Å². The van der Waals surface area contributed by atoms with Gasteiger partial charge in [-0.15, -0.1) is 0 Å². The molecule has 0 aliphatic heterocycles. The lowest BCUT2D eigenvalue weighted by Gasteiger charge is -2.00. The molecule has 0 saturated heterocycles. The molecule has 64 valence electrons. The Kier molecular flexibility index (Phi) is 1.84. The summed E-state index contributed by atoms with van der Waals surface area (Å²) in [5.41, 5.74) is 0. The van der Waals surface area contributed by atoms with E-state index < -0.39 is 0 Å². The minimum Gasteiger partial charge on any atom is -0.357 e. The summed E-state index contributed by atoms with van der Waals surface area (Å²) in [5.74, 6) is 1.88. The van der Waals surface area contributed by atoms with E-state index in [0.29, 0.717) is 11.9 Å². The molecule has 1 aliphatic carbocycles. The van der Waals surface area contributed by atoms with E-state index in [9.17, 15) is 0 Å². The summed E-state index contributed by atoms with van der Waals surface area (Å²) in [6.45, 7) is 0. The van der Waals surface area contributed by atoms with E-state index in [2.05, 4.69) is 20.3 Å². The molecular weight excluding hydrogens is 176 g/mol. The average molecular weight is 185 g/mol. The van der Waals surface area contributed by atoms with E-state index in [1.54, 1.807) is 7.05 Å². The van der Waals surface area contributed by atoms with Crippen molar-refractivity contribution in [3.8, 4) is 0 Å². The molecule has 1 heterocycles. The van der Waals surface area contributed by atoms with Crippen molar-refractivity contribution in [2.24, 2.45) is 0 Å². The van der Waals surface area contributed by atoms with Gasteiger partial charge >= 0.3 is 0 Å². The van der Waals surface area contributed by atoms with Gasteiger partial charge in [-0.05, 0) is 24.4 Å². The Bertz CT molecular complexity index is 297. The van der Waals surface area contributed by atoms with Crippen LogP contribution >= 0.6 is 11.6 Å². The smallest absolute Gasteiger partial charge is 0.227 e. The van der Waals surface area contributed by atoms with Gasteiger partial charge in [-0.25, -0.2) is 4.98 Å². The topological polar surface area (TPSA) is 50.7 Å². The third-order valence-electron chi connectivity index (χ3n) is 1.79. The van der Waals surface area contributed by atoms with Gasteiger partial charge in [0, 0.05) is 13.0 Å². The van der Waals surface area contributed by atoms with Crippen LogP contribution in [0.2, 0.25) is 5.28 Å². The first-order chi connectivity index (χ1) is 5.79. The Balaban J connectivity index is 2.34. The minimum absolute atomic E-state index is 0.274. The Morgan fingerprint density at radius 3 is 2.67 bits per heavy atom. The largest absolute Gasteiger partial charge is 0.357 e. The summed E-state index contributed by atoms with van der Waals surface area (Å²) in [6.07, 6.45) is 2.34. The zero-order chi connectivity index (χ0) is 8.55. The van der Waals surface area contributed by atoms with Crippen LogP contribution < -0.4 is 5.32 Å². The molecule has 1 aliphatic rings. The summed E-state index contributed by atoms with van der Waals surface area (Å²) in [4.78, 5) is 12.1.